The topological polar surface area (TPSA) is 98.2 Å². The Morgan fingerprint density at radius 2 is 2.16 bits per heavy atom. The third kappa shape index (κ3) is 4.39. The van der Waals surface area contributed by atoms with E-state index in [4.69, 9.17) is 11.5 Å². The van der Waals surface area contributed by atoms with Crippen molar-refractivity contribution in [3.05, 3.63) is 21.9 Å². The molecule has 6 heteroatoms. The number of amides is 2. The van der Waals surface area contributed by atoms with Crippen molar-refractivity contribution < 1.29 is 9.59 Å². The highest BCUT2D eigenvalue weighted by molar-refractivity contribution is 7.10. The number of carbonyl (C=O) groups excluding carboxylic acids is 2. The smallest absolute Gasteiger partial charge is 0.252 e. The van der Waals surface area contributed by atoms with E-state index in [2.05, 4.69) is 17.2 Å². The molecule has 0 radical (unpaired) electrons. The molecule has 1 unspecified atom stereocenters. The number of hydrogen-bond acceptors (Lipinski definition) is 4. The summed E-state index contributed by atoms with van der Waals surface area (Å²) < 4.78 is 0. The van der Waals surface area contributed by atoms with Crippen molar-refractivity contribution in [2.75, 3.05) is 6.54 Å². The van der Waals surface area contributed by atoms with Crippen molar-refractivity contribution in [1.82, 2.24) is 5.32 Å². The molecule has 0 aliphatic carbocycles. The quantitative estimate of drug-likeness (QED) is 0.691. The second-order valence-electron chi connectivity index (χ2n) is 4.30. The van der Waals surface area contributed by atoms with Crippen LogP contribution >= 0.6 is 11.3 Å². The summed E-state index contributed by atoms with van der Waals surface area (Å²) in [5, 5.41) is 4.31. The van der Waals surface area contributed by atoms with Crippen LogP contribution in [0, 0.1) is 17.8 Å². The molecule has 1 atom stereocenters. The van der Waals surface area contributed by atoms with E-state index in [-0.39, 0.29) is 18.4 Å². The van der Waals surface area contributed by atoms with Crippen LogP contribution in [0.5, 0.6) is 0 Å². The van der Waals surface area contributed by atoms with E-state index in [1.54, 1.807) is 11.4 Å². The van der Waals surface area contributed by atoms with Gasteiger partial charge in [0.1, 0.15) is 6.04 Å². The normalized spacial score (nSPS) is 11.6. The van der Waals surface area contributed by atoms with Crippen molar-refractivity contribution in [3.63, 3.8) is 0 Å². The highest BCUT2D eigenvalue weighted by atomic mass is 32.1. The molecule has 0 spiro atoms. The van der Waals surface area contributed by atoms with Crippen LogP contribution in [-0.4, -0.2) is 24.4 Å². The number of thiophene rings is 1. The SMILES string of the molecule is CC(C)C(NC(=O)c1csc(C#CCN)c1)C(N)=O. The number of primary amides is 1. The Bertz CT molecular complexity index is 525. The number of rotatable bonds is 4. The van der Waals surface area contributed by atoms with E-state index < -0.39 is 11.9 Å². The van der Waals surface area contributed by atoms with Crippen LogP contribution in [0.1, 0.15) is 29.1 Å². The highest BCUT2D eigenvalue weighted by Gasteiger charge is 2.22. The van der Waals surface area contributed by atoms with E-state index in [1.165, 1.54) is 11.3 Å². The summed E-state index contributed by atoms with van der Waals surface area (Å²) in [6, 6.07) is 0.993. The Morgan fingerprint density at radius 3 is 2.68 bits per heavy atom. The van der Waals surface area contributed by atoms with Crippen LogP contribution in [0.25, 0.3) is 0 Å². The summed E-state index contributed by atoms with van der Waals surface area (Å²) in [6.07, 6.45) is 0. The van der Waals surface area contributed by atoms with Gasteiger partial charge >= 0.3 is 0 Å². The van der Waals surface area contributed by atoms with Gasteiger partial charge in [0, 0.05) is 5.38 Å². The van der Waals surface area contributed by atoms with E-state index in [9.17, 15) is 9.59 Å². The molecule has 0 aliphatic rings. The van der Waals surface area contributed by atoms with Crippen molar-refractivity contribution in [3.8, 4) is 11.8 Å². The zero-order valence-electron chi connectivity index (χ0n) is 10.9. The molecule has 1 rings (SSSR count). The minimum atomic E-state index is -0.675. The first kappa shape index (κ1) is 15.2. The molecule has 0 aliphatic heterocycles. The molecule has 1 aromatic rings. The lowest BCUT2D eigenvalue weighted by Crippen LogP contribution is -2.47. The molecule has 19 heavy (non-hydrogen) atoms. The number of nitrogens with one attached hydrogen (secondary N) is 1. The molecule has 1 heterocycles. The molecule has 5 N–H and O–H groups in total. The zero-order valence-corrected chi connectivity index (χ0v) is 11.7. The Kier molecular flexibility index (Phi) is 5.55. The number of nitrogens with two attached hydrogens (primary N) is 2. The largest absolute Gasteiger partial charge is 0.368 e. The van der Waals surface area contributed by atoms with Gasteiger partial charge in [-0.05, 0) is 12.0 Å². The fraction of sp³-hybridized carbons (Fsp3) is 0.385. The monoisotopic (exact) mass is 279 g/mol. The van der Waals surface area contributed by atoms with Crippen LogP contribution in [0.3, 0.4) is 0 Å². The number of hydrogen-bond donors (Lipinski definition) is 3. The van der Waals surface area contributed by atoms with Gasteiger partial charge in [-0.2, -0.15) is 0 Å². The molecular formula is C13H17N3O2S. The van der Waals surface area contributed by atoms with Gasteiger partial charge in [-0.15, -0.1) is 11.3 Å². The average molecular weight is 279 g/mol. The standard InChI is InChI=1S/C13H17N3O2S/c1-8(2)11(12(15)17)16-13(18)9-6-10(19-7-9)4-3-5-14/h6-8,11H,5,14H2,1-2H3,(H2,15,17)(H,16,18). The maximum Gasteiger partial charge on any atom is 0.252 e. The third-order valence-electron chi connectivity index (χ3n) is 2.44. The molecule has 0 saturated carbocycles. The molecular weight excluding hydrogens is 262 g/mol. The van der Waals surface area contributed by atoms with Crippen molar-refractivity contribution in [1.29, 1.82) is 0 Å². The summed E-state index contributed by atoms with van der Waals surface area (Å²) in [5.41, 5.74) is 11.0. The summed E-state index contributed by atoms with van der Waals surface area (Å²) >= 11 is 1.36. The molecule has 0 saturated heterocycles. The van der Waals surface area contributed by atoms with E-state index >= 15 is 0 Å². The van der Waals surface area contributed by atoms with Gasteiger partial charge in [-0.25, -0.2) is 0 Å². The minimum absolute atomic E-state index is 0.0587. The minimum Gasteiger partial charge on any atom is -0.368 e. The molecule has 0 bridgehead atoms. The predicted molar refractivity (Wildman–Crippen MR) is 75.5 cm³/mol. The average Bonchev–Trinajstić information content (AvgIpc) is 2.81. The van der Waals surface area contributed by atoms with E-state index in [1.807, 2.05) is 13.8 Å². The Morgan fingerprint density at radius 1 is 1.47 bits per heavy atom. The molecule has 1 aromatic heterocycles. The Balaban J connectivity index is 2.77. The first-order valence-corrected chi connectivity index (χ1v) is 6.71. The van der Waals surface area contributed by atoms with Crippen molar-refractivity contribution in [2.45, 2.75) is 19.9 Å². The second-order valence-corrected chi connectivity index (χ2v) is 5.21. The molecule has 5 nitrogen and oxygen atoms in total. The van der Waals surface area contributed by atoms with Crippen LogP contribution in [0.4, 0.5) is 0 Å². The van der Waals surface area contributed by atoms with Crippen LogP contribution in [-0.2, 0) is 4.79 Å². The van der Waals surface area contributed by atoms with Crippen molar-refractivity contribution in [2.24, 2.45) is 17.4 Å². The lowest BCUT2D eigenvalue weighted by molar-refractivity contribution is -0.120. The maximum atomic E-state index is 12.0. The Labute approximate surface area is 116 Å². The molecule has 0 fully saturated rings. The maximum absolute atomic E-state index is 12.0. The summed E-state index contributed by atoms with van der Waals surface area (Å²) in [4.78, 5) is 24.0. The van der Waals surface area contributed by atoms with Gasteiger partial charge in [0.25, 0.3) is 5.91 Å². The molecule has 0 aromatic carbocycles. The fourth-order valence-electron chi connectivity index (χ4n) is 1.45. The lowest BCUT2D eigenvalue weighted by Gasteiger charge is -2.18. The van der Waals surface area contributed by atoms with Gasteiger partial charge in [-0.3, -0.25) is 9.59 Å². The van der Waals surface area contributed by atoms with Gasteiger partial charge in [0.05, 0.1) is 17.0 Å². The number of carbonyl (C=O) groups is 2. The van der Waals surface area contributed by atoms with Gasteiger partial charge in [0.2, 0.25) is 5.91 Å². The lowest BCUT2D eigenvalue weighted by atomic mass is 10.0. The van der Waals surface area contributed by atoms with E-state index in [0.29, 0.717) is 5.56 Å². The molecule has 102 valence electrons. The Hall–Kier alpha value is -1.84. The third-order valence-corrected chi connectivity index (χ3v) is 3.28. The second kappa shape index (κ2) is 6.92. The van der Waals surface area contributed by atoms with E-state index in [0.717, 1.165) is 4.88 Å². The first-order chi connectivity index (χ1) is 8.95. The van der Waals surface area contributed by atoms with Crippen molar-refractivity contribution >= 4 is 23.2 Å². The van der Waals surface area contributed by atoms with Gasteiger partial charge < -0.3 is 16.8 Å². The van der Waals surface area contributed by atoms with Crippen LogP contribution < -0.4 is 16.8 Å². The van der Waals surface area contributed by atoms with Crippen LogP contribution in [0.2, 0.25) is 0 Å². The first-order valence-electron chi connectivity index (χ1n) is 5.83. The van der Waals surface area contributed by atoms with Gasteiger partial charge in [-0.1, -0.05) is 25.7 Å². The zero-order chi connectivity index (χ0) is 14.4. The summed E-state index contributed by atoms with van der Waals surface area (Å²) in [6.45, 7) is 3.92. The fourth-order valence-corrected chi connectivity index (χ4v) is 2.21. The highest BCUT2D eigenvalue weighted by Crippen LogP contribution is 2.14. The summed E-state index contributed by atoms with van der Waals surface area (Å²) in [5.74, 6) is 4.64. The summed E-state index contributed by atoms with van der Waals surface area (Å²) in [7, 11) is 0. The molecule has 2 amide bonds. The predicted octanol–water partition coefficient (Wildman–Crippen LogP) is 0.298. The van der Waals surface area contributed by atoms with Gasteiger partial charge in [0.15, 0.2) is 0 Å². The van der Waals surface area contributed by atoms with Crippen LogP contribution in [0.15, 0.2) is 11.4 Å².